The average Bonchev–Trinajstić information content (AvgIpc) is 2.28. The molecule has 1 atom stereocenters. The van der Waals surface area contributed by atoms with E-state index >= 15 is 0 Å². The lowest BCUT2D eigenvalue weighted by atomic mass is 10.1. The third-order valence-corrected chi connectivity index (χ3v) is 3.30. The Morgan fingerprint density at radius 1 is 1.59 bits per heavy atom. The fourth-order valence-electron chi connectivity index (χ4n) is 1.26. The van der Waals surface area contributed by atoms with E-state index in [1.165, 1.54) is 30.8 Å². The number of nitro groups is 1. The van der Waals surface area contributed by atoms with E-state index in [-0.39, 0.29) is 23.3 Å². The molecule has 0 saturated heterocycles. The molecule has 0 fully saturated rings. The van der Waals surface area contributed by atoms with Crippen molar-refractivity contribution in [3.63, 3.8) is 0 Å². The van der Waals surface area contributed by atoms with Crippen molar-refractivity contribution >= 4 is 23.2 Å². The molecule has 0 bridgehead atoms. The number of carbonyl (C=O) groups is 1. The highest BCUT2D eigenvalue weighted by molar-refractivity contribution is 8.00. The maximum atomic E-state index is 11.4. The Hall–Kier alpha value is -1.40. The van der Waals surface area contributed by atoms with Crippen LogP contribution in [-0.4, -0.2) is 27.7 Å². The first kappa shape index (κ1) is 13.7. The van der Waals surface area contributed by atoms with Crippen molar-refractivity contribution in [1.82, 2.24) is 0 Å². The van der Waals surface area contributed by atoms with Gasteiger partial charge in [0.1, 0.15) is 0 Å². The topological polar surface area (TPSA) is 80.4 Å². The second-order valence-corrected chi connectivity index (χ2v) is 5.09. The highest BCUT2D eigenvalue weighted by atomic mass is 32.2. The van der Waals surface area contributed by atoms with Crippen LogP contribution in [0.1, 0.15) is 24.2 Å². The van der Waals surface area contributed by atoms with Crippen molar-refractivity contribution in [2.24, 2.45) is 0 Å². The number of non-ortho nitro benzene ring substituents is 1. The molecular formula is C11H13NO4S. The van der Waals surface area contributed by atoms with Gasteiger partial charge in [-0.2, -0.15) is 0 Å². The number of Topliss-reactive ketones (excluding diaryl/α,β-unsaturated/α-hetero) is 1. The number of rotatable bonds is 5. The van der Waals surface area contributed by atoms with Gasteiger partial charge in [0.15, 0.2) is 5.78 Å². The van der Waals surface area contributed by atoms with Crippen LogP contribution in [0.4, 0.5) is 5.69 Å². The van der Waals surface area contributed by atoms with E-state index < -0.39 is 4.92 Å². The van der Waals surface area contributed by atoms with Gasteiger partial charge >= 0.3 is 0 Å². The SMILES string of the molecule is CC(=O)c1cc([N+](=O)[O-])ccc1SC(C)CO. The predicted molar refractivity (Wildman–Crippen MR) is 65.5 cm³/mol. The normalized spacial score (nSPS) is 12.2. The molecule has 1 N–H and O–H groups in total. The molecule has 0 amide bonds. The van der Waals surface area contributed by atoms with Crippen LogP contribution < -0.4 is 0 Å². The molecule has 17 heavy (non-hydrogen) atoms. The fourth-order valence-corrected chi connectivity index (χ4v) is 2.25. The van der Waals surface area contributed by atoms with Crippen LogP contribution in [0.5, 0.6) is 0 Å². The first-order valence-electron chi connectivity index (χ1n) is 5.02. The van der Waals surface area contributed by atoms with E-state index in [1.807, 2.05) is 6.92 Å². The number of thioether (sulfide) groups is 1. The van der Waals surface area contributed by atoms with Crippen LogP contribution >= 0.6 is 11.8 Å². The molecule has 0 saturated carbocycles. The Morgan fingerprint density at radius 2 is 2.24 bits per heavy atom. The molecule has 0 heterocycles. The smallest absolute Gasteiger partial charge is 0.270 e. The fraction of sp³-hybridized carbons (Fsp3) is 0.364. The number of aliphatic hydroxyl groups excluding tert-OH is 1. The number of nitro benzene ring substituents is 1. The van der Waals surface area contributed by atoms with Gasteiger partial charge in [-0.3, -0.25) is 14.9 Å². The van der Waals surface area contributed by atoms with Crippen LogP contribution in [0.15, 0.2) is 23.1 Å². The molecule has 0 aliphatic rings. The summed E-state index contributed by atoms with van der Waals surface area (Å²) in [5.74, 6) is -0.221. The number of carbonyl (C=O) groups excluding carboxylic acids is 1. The highest BCUT2D eigenvalue weighted by Gasteiger charge is 2.15. The second kappa shape index (κ2) is 5.79. The number of hydrogen-bond acceptors (Lipinski definition) is 5. The zero-order valence-corrected chi connectivity index (χ0v) is 10.4. The van der Waals surface area contributed by atoms with Crippen molar-refractivity contribution in [2.75, 3.05) is 6.61 Å². The van der Waals surface area contributed by atoms with Crippen LogP contribution in [-0.2, 0) is 0 Å². The standard InChI is InChI=1S/C11H13NO4S/c1-7(6-13)17-11-4-3-9(12(15)16)5-10(11)8(2)14/h3-5,7,13H,6H2,1-2H3. The van der Waals surface area contributed by atoms with Crippen molar-refractivity contribution in [3.05, 3.63) is 33.9 Å². The summed E-state index contributed by atoms with van der Waals surface area (Å²) < 4.78 is 0. The van der Waals surface area contributed by atoms with Gasteiger partial charge in [0.05, 0.1) is 11.5 Å². The first-order chi connectivity index (χ1) is 7.95. The van der Waals surface area contributed by atoms with E-state index in [1.54, 1.807) is 6.07 Å². The van der Waals surface area contributed by atoms with Crippen LogP contribution in [0, 0.1) is 10.1 Å². The third-order valence-electron chi connectivity index (χ3n) is 2.14. The Morgan fingerprint density at radius 3 is 2.71 bits per heavy atom. The molecule has 92 valence electrons. The van der Waals surface area contributed by atoms with E-state index in [4.69, 9.17) is 5.11 Å². The number of benzene rings is 1. The minimum Gasteiger partial charge on any atom is -0.395 e. The Bertz CT molecular complexity index is 447. The summed E-state index contributed by atoms with van der Waals surface area (Å²) in [7, 11) is 0. The van der Waals surface area contributed by atoms with E-state index in [0.717, 1.165) is 0 Å². The molecule has 0 spiro atoms. The molecular weight excluding hydrogens is 242 g/mol. The third kappa shape index (κ3) is 3.54. The van der Waals surface area contributed by atoms with Gasteiger partial charge in [0.25, 0.3) is 5.69 Å². The van der Waals surface area contributed by atoms with Crippen LogP contribution in [0.2, 0.25) is 0 Å². The Labute approximate surface area is 103 Å². The van der Waals surface area contributed by atoms with Crippen molar-refractivity contribution < 1.29 is 14.8 Å². The van der Waals surface area contributed by atoms with Crippen LogP contribution in [0.25, 0.3) is 0 Å². The Kier molecular flexibility index (Phi) is 4.65. The van der Waals surface area contributed by atoms with E-state index in [0.29, 0.717) is 10.5 Å². The Balaban J connectivity index is 3.13. The molecule has 1 aromatic rings. The van der Waals surface area contributed by atoms with Crippen LogP contribution in [0.3, 0.4) is 0 Å². The summed E-state index contributed by atoms with van der Waals surface area (Å²) in [5, 5.41) is 19.5. The summed E-state index contributed by atoms with van der Waals surface area (Å²) in [6.45, 7) is 3.17. The maximum Gasteiger partial charge on any atom is 0.270 e. The van der Waals surface area contributed by atoms with Gasteiger partial charge in [-0.05, 0) is 13.0 Å². The minimum absolute atomic E-state index is 0.0149. The number of nitrogens with zero attached hydrogens (tertiary/aromatic N) is 1. The molecule has 1 unspecified atom stereocenters. The number of aliphatic hydroxyl groups is 1. The molecule has 0 aromatic heterocycles. The summed E-state index contributed by atoms with van der Waals surface area (Å²) in [4.78, 5) is 22.2. The lowest BCUT2D eigenvalue weighted by Crippen LogP contribution is -2.04. The highest BCUT2D eigenvalue weighted by Crippen LogP contribution is 2.29. The zero-order valence-electron chi connectivity index (χ0n) is 9.54. The summed E-state index contributed by atoms with van der Waals surface area (Å²) in [5.41, 5.74) is 0.223. The molecule has 0 aliphatic heterocycles. The number of hydrogen-bond donors (Lipinski definition) is 1. The second-order valence-electron chi connectivity index (χ2n) is 3.60. The monoisotopic (exact) mass is 255 g/mol. The molecule has 5 nitrogen and oxygen atoms in total. The summed E-state index contributed by atoms with van der Waals surface area (Å²) in [6, 6.07) is 4.18. The van der Waals surface area contributed by atoms with Gasteiger partial charge in [-0.25, -0.2) is 0 Å². The lowest BCUT2D eigenvalue weighted by molar-refractivity contribution is -0.384. The number of ketones is 1. The van der Waals surface area contributed by atoms with E-state index in [2.05, 4.69) is 0 Å². The van der Waals surface area contributed by atoms with Crippen molar-refractivity contribution in [2.45, 2.75) is 24.0 Å². The minimum atomic E-state index is -0.531. The van der Waals surface area contributed by atoms with Gasteiger partial charge in [0, 0.05) is 27.8 Å². The van der Waals surface area contributed by atoms with Gasteiger partial charge in [-0.1, -0.05) is 6.92 Å². The quantitative estimate of drug-likeness (QED) is 0.378. The van der Waals surface area contributed by atoms with Crippen molar-refractivity contribution in [3.8, 4) is 0 Å². The van der Waals surface area contributed by atoms with Gasteiger partial charge in [-0.15, -0.1) is 11.8 Å². The molecule has 0 aliphatic carbocycles. The zero-order chi connectivity index (χ0) is 13.0. The molecule has 1 rings (SSSR count). The largest absolute Gasteiger partial charge is 0.395 e. The van der Waals surface area contributed by atoms with Crippen molar-refractivity contribution in [1.29, 1.82) is 0 Å². The summed E-state index contributed by atoms with van der Waals surface area (Å²) >= 11 is 1.33. The molecule has 6 heteroatoms. The average molecular weight is 255 g/mol. The molecule has 0 radical (unpaired) electrons. The summed E-state index contributed by atoms with van der Waals surface area (Å²) in [6.07, 6.45) is 0. The van der Waals surface area contributed by atoms with Gasteiger partial charge < -0.3 is 5.11 Å². The maximum absolute atomic E-state index is 11.4. The van der Waals surface area contributed by atoms with Gasteiger partial charge in [0.2, 0.25) is 0 Å². The lowest BCUT2D eigenvalue weighted by Gasteiger charge is -2.10. The first-order valence-corrected chi connectivity index (χ1v) is 5.90. The molecule has 1 aromatic carbocycles. The van der Waals surface area contributed by atoms with E-state index in [9.17, 15) is 14.9 Å². The predicted octanol–water partition coefficient (Wildman–Crippen LogP) is 2.27.